The Morgan fingerprint density at radius 2 is 2.27 bits per heavy atom. The Balaban J connectivity index is 2.65. The molecule has 0 aromatic carbocycles. The normalized spacial score (nSPS) is 11.1. The van der Waals surface area contributed by atoms with Crippen LogP contribution in [0, 0.1) is 0 Å². The zero-order chi connectivity index (χ0) is 8.10. The Kier molecular flexibility index (Phi) is 3.37. The molecule has 0 bridgehead atoms. The summed E-state index contributed by atoms with van der Waals surface area (Å²) in [6.45, 7) is 4.27. The van der Waals surface area contributed by atoms with Crippen molar-refractivity contribution in [2.24, 2.45) is 0 Å². The first kappa shape index (κ1) is 8.54. The van der Waals surface area contributed by atoms with Crippen LogP contribution in [0.25, 0.3) is 6.08 Å². The fourth-order valence-electron chi connectivity index (χ4n) is 1.03. The van der Waals surface area contributed by atoms with Crippen molar-refractivity contribution >= 4 is 17.4 Å². The van der Waals surface area contributed by atoms with Crippen LogP contribution in [-0.4, -0.2) is 0 Å². The van der Waals surface area contributed by atoms with Crippen molar-refractivity contribution in [1.29, 1.82) is 0 Å². The van der Waals surface area contributed by atoms with Gasteiger partial charge < -0.3 is 0 Å². The smallest absolute Gasteiger partial charge is 0.0269 e. The maximum absolute atomic E-state index is 2.23. The third-order valence-corrected chi connectivity index (χ3v) is 2.62. The molecule has 0 spiro atoms. The van der Waals surface area contributed by atoms with Gasteiger partial charge in [-0.05, 0) is 31.6 Å². The lowest BCUT2D eigenvalue weighted by molar-refractivity contribution is 0.940. The predicted molar refractivity (Wildman–Crippen MR) is 53.0 cm³/mol. The molecule has 0 atom stereocenters. The van der Waals surface area contributed by atoms with E-state index in [4.69, 9.17) is 0 Å². The number of hydrogen-bond donors (Lipinski definition) is 0. The molecule has 0 saturated carbocycles. The summed E-state index contributed by atoms with van der Waals surface area (Å²) in [4.78, 5) is 2.87. The molecule has 1 heterocycles. The second-order valence-corrected chi connectivity index (χ2v) is 3.75. The van der Waals surface area contributed by atoms with Crippen molar-refractivity contribution in [2.45, 2.75) is 26.7 Å². The highest BCUT2D eigenvalue weighted by Crippen LogP contribution is 2.18. The highest BCUT2D eigenvalue weighted by molar-refractivity contribution is 7.12. The van der Waals surface area contributed by atoms with Crippen molar-refractivity contribution in [1.82, 2.24) is 0 Å². The lowest BCUT2D eigenvalue weighted by Crippen LogP contribution is -1.71. The summed E-state index contributed by atoms with van der Waals surface area (Å²) >= 11 is 1.90. The van der Waals surface area contributed by atoms with E-state index >= 15 is 0 Å². The van der Waals surface area contributed by atoms with Gasteiger partial charge in [-0.3, -0.25) is 0 Å². The van der Waals surface area contributed by atoms with Gasteiger partial charge in [-0.2, -0.15) is 0 Å². The zero-order valence-corrected chi connectivity index (χ0v) is 7.95. The van der Waals surface area contributed by atoms with Crippen molar-refractivity contribution in [3.8, 4) is 0 Å². The van der Waals surface area contributed by atoms with Crippen LogP contribution in [-0.2, 0) is 6.42 Å². The number of rotatable bonds is 3. The zero-order valence-electron chi connectivity index (χ0n) is 7.13. The van der Waals surface area contributed by atoms with Gasteiger partial charge in [0.2, 0.25) is 0 Å². The molecule has 0 saturated heterocycles. The molecule has 0 nitrogen and oxygen atoms in total. The Morgan fingerprint density at radius 1 is 1.45 bits per heavy atom. The van der Waals surface area contributed by atoms with Gasteiger partial charge in [-0.25, -0.2) is 0 Å². The van der Waals surface area contributed by atoms with Crippen LogP contribution in [0.1, 0.15) is 30.0 Å². The molecule has 0 radical (unpaired) electrons. The topological polar surface area (TPSA) is 0 Å². The van der Waals surface area contributed by atoms with E-state index in [0.717, 1.165) is 0 Å². The van der Waals surface area contributed by atoms with Gasteiger partial charge >= 0.3 is 0 Å². The van der Waals surface area contributed by atoms with Crippen LogP contribution in [0.4, 0.5) is 0 Å². The van der Waals surface area contributed by atoms with Gasteiger partial charge in [-0.15, -0.1) is 11.3 Å². The fraction of sp³-hybridized carbons (Fsp3) is 0.400. The van der Waals surface area contributed by atoms with Crippen molar-refractivity contribution < 1.29 is 0 Å². The van der Waals surface area contributed by atoms with Crippen LogP contribution in [0.3, 0.4) is 0 Å². The Labute approximate surface area is 72.6 Å². The lowest BCUT2D eigenvalue weighted by atomic mass is 10.3. The minimum Gasteiger partial charge on any atom is -0.141 e. The van der Waals surface area contributed by atoms with Crippen LogP contribution in [0.15, 0.2) is 18.2 Å². The summed E-state index contributed by atoms with van der Waals surface area (Å²) in [6.07, 6.45) is 6.71. The monoisotopic (exact) mass is 166 g/mol. The summed E-state index contributed by atoms with van der Waals surface area (Å²) in [5.74, 6) is 0. The predicted octanol–water partition coefficient (Wildman–Crippen LogP) is 3.73. The Hall–Kier alpha value is -0.560. The number of allylic oxidation sites excluding steroid dienone is 1. The van der Waals surface area contributed by atoms with Crippen LogP contribution in [0.2, 0.25) is 0 Å². The van der Waals surface area contributed by atoms with Crippen molar-refractivity contribution in [2.75, 3.05) is 0 Å². The van der Waals surface area contributed by atoms with E-state index in [-0.39, 0.29) is 0 Å². The average Bonchev–Trinajstić information content (AvgIpc) is 2.38. The third-order valence-electron chi connectivity index (χ3n) is 1.51. The van der Waals surface area contributed by atoms with Crippen LogP contribution < -0.4 is 0 Å². The molecule has 1 rings (SSSR count). The first-order valence-electron chi connectivity index (χ1n) is 4.08. The molecule has 0 fully saturated rings. The van der Waals surface area contributed by atoms with Gasteiger partial charge in [0.05, 0.1) is 0 Å². The number of thiophene rings is 1. The molecule has 0 N–H and O–H groups in total. The van der Waals surface area contributed by atoms with Gasteiger partial charge in [0.15, 0.2) is 0 Å². The van der Waals surface area contributed by atoms with E-state index < -0.39 is 0 Å². The minimum absolute atomic E-state index is 1.22. The third kappa shape index (κ3) is 2.51. The van der Waals surface area contributed by atoms with Gasteiger partial charge in [0.25, 0.3) is 0 Å². The molecule has 11 heavy (non-hydrogen) atoms. The molecular formula is C10H14S. The first-order valence-corrected chi connectivity index (χ1v) is 4.90. The second-order valence-electron chi connectivity index (χ2n) is 2.55. The van der Waals surface area contributed by atoms with E-state index in [1.807, 2.05) is 11.3 Å². The SMILES string of the molecule is C/C=C/c1ccc(CCC)s1. The maximum atomic E-state index is 2.23. The highest BCUT2D eigenvalue weighted by Gasteiger charge is 1.94. The second kappa shape index (κ2) is 4.35. The fourth-order valence-corrected chi connectivity index (χ4v) is 2.11. The molecule has 1 heteroatoms. The van der Waals surface area contributed by atoms with Crippen LogP contribution in [0.5, 0.6) is 0 Å². The lowest BCUT2D eigenvalue weighted by Gasteiger charge is -1.87. The minimum atomic E-state index is 1.22. The van der Waals surface area contributed by atoms with E-state index in [9.17, 15) is 0 Å². The van der Waals surface area contributed by atoms with Crippen molar-refractivity contribution in [3.63, 3.8) is 0 Å². The van der Waals surface area contributed by atoms with E-state index in [2.05, 4.69) is 38.1 Å². The van der Waals surface area contributed by atoms with Gasteiger partial charge in [0.1, 0.15) is 0 Å². The molecule has 1 aromatic rings. The van der Waals surface area contributed by atoms with Gasteiger partial charge in [0, 0.05) is 9.75 Å². The standard InChI is InChI=1S/C10H14S/c1-3-5-9-7-8-10(11-9)6-4-2/h3,5,7-8H,4,6H2,1-2H3/b5-3+. The number of aryl methyl sites for hydroxylation is 1. The molecule has 0 unspecified atom stereocenters. The summed E-state index contributed by atoms with van der Waals surface area (Å²) in [5.41, 5.74) is 0. The Bertz CT molecular complexity index is 233. The van der Waals surface area contributed by atoms with Crippen molar-refractivity contribution in [3.05, 3.63) is 28.0 Å². The van der Waals surface area contributed by atoms with E-state index in [1.165, 1.54) is 22.6 Å². The molecular weight excluding hydrogens is 152 g/mol. The van der Waals surface area contributed by atoms with E-state index in [0.29, 0.717) is 0 Å². The molecule has 0 aliphatic carbocycles. The molecule has 0 amide bonds. The average molecular weight is 166 g/mol. The quantitative estimate of drug-likeness (QED) is 0.641. The summed E-state index contributed by atoms with van der Waals surface area (Å²) in [6, 6.07) is 4.42. The largest absolute Gasteiger partial charge is 0.141 e. The molecule has 0 aliphatic heterocycles. The van der Waals surface area contributed by atoms with E-state index in [1.54, 1.807) is 0 Å². The molecule has 1 aromatic heterocycles. The first-order chi connectivity index (χ1) is 5.36. The molecule has 0 aliphatic rings. The van der Waals surface area contributed by atoms with Crippen LogP contribution >= 0.6 is 11.3 Å². The Morgan fingerprint density at radius 3 is 2.91 bits per heavy atom. The highest BCUT2D eigenvalue weighted by atomic mass is 32.1. The maximum Gasteiger partial charge on any atom is 0.0269 e. The molecule has 60 valence electrons. The summed E-state index contributed by atoms with van der Waals surface area (Å²) < 4.78 is 0. The summed E-state index contributed by atoms with van der Waals surface area (Å²) in [5, 5.41) is 0. The summed E-state index contributed by atoms with van der Waals surface area (Å²) in [7, 11) is 0. The van der Waals surface area contributed by atoms with Gasteiger partial charge in [-0.1, -0.05) is 19.4 Å². The number of hydrogen-bond acceptors (Lipinski definition) is 1.